The number of thiocarbonyl (C=S) groups is 1. The average Bonchev–Trinajstić information content (AvgIpc) is 2.50. The van der Waals surface area contributed by atoms with Gasteiger partial charge in [-0.1, -0.05) is 0 Å². The second-order valence-electron chi connectivity index (χ2n) is 4.30. The molecule has 0 unspecified atom stereocenters. The van der Waals surface area contributed by atoms with Crippen LogP contribution < -0.4 is 15.5 Å². The summed E-state index contributed by atoms with van der Waals surface area (Å²) < 4.78 is 5.07. The maximum Gasteiger partial charge on any atom is 0.191 e. The van der Waals surface area contributed by atoms with Crippen LogP contribution in [0.25, 0.3) is 0 Å². The Hall–Kier alpha value is -2.80. The van der Waals surface area contributed by atoms with E-state index in [2.05, 4.69) is 15.8 Å². The number of phenols is 2. The van der Waals surface area contributed by atoms with Gasteiger partial charge in [0.1, 0.15) is 17.2 Å². The van der Waals surface area contributed by atoms with Crippen molar-refractivity contribution >= 4 is 29.2 Å². The molecule has 0 aromatic heterocycles. The largest absolute Gasteiger partial charge is 0.508 e. The second kappa shape index (κ2) is 7.28. The Balaban J connectivity index is 1.90. The van der Waals surface area contributed by atoms with Crippen LogP contribution in [0.2, 0.25) is 0 Å². The minimum atomic E-state index is -0.0698. The highest BCUT2D eigenvalue weighted by atomic mass is 32.1. The summed E-state index contributed by atoms with van der Waals surface area (Å²) in [5.41, 5.74) is 3.88. The fourth-order valence-corrected chi connectivity index (χ4v) is 1.81. The molecule has 0 aliphatic rings. The monoisotopic (exact) mass is 317 g/mol. The third-order valence-corrected chi connectivity index (χ3v) is 2.92. The fourth-order valence-electron chi connectivity index (χ4n) is 1.64. The molecule has 0 heterocycles. The number of ether oxygens (including phenoxy) is 1. The van der Waals surface area contributed by atoms with Crippen molar-refractivity contribution in [2.24, 2.45) is 5.10 Å². The lowest BCUT2D eigenvalue weighted by atomic mass is 10.2. The number of hydrazone groups is 1. The second-order valence-corrected chi connectivity index (χ2v) is 4.70. The zero-order valence-electron chi connectivity index (χ0n) is 11.8. The van der Waals surface area contributed by atoms with E-state index in [1.54, 1.807) is 7.11 Å². The lowest BCUT2D eigenvalue weighted by molar-refractivity contribution is 0.415. The Morgan fingerprint density at radius 1 is 1.18 bits per heavy atom. The maximum atomic E-state index is 9.60. The summed E-state index contributed by atoms with van der Waals surface area (Å²) in [5, 5.41) is 26.0. The average molecular weight is 317 g/mol. The van der Waals surface area contributed by atoms with Crippen LogP contribution in [-0.4, -0.2) is 28.6 Å². The van der Waals surface area contributed by atoms with E-state index in [0.717, 1.165) is 11.4 Å². The van der Waals surface area contributed by atoms with Gasteiger partial charge in [0.2, 0.25) is 0 Å². The van der Waals surface area contributed by atoms with Crippen LogP contribution in [-0.2, 0) is 0 Å². The van der Waals surface area contributed by atoms with Crippen molar-refractivity contribution in [3.05, 3.63) is 48.0 Å². The van der Waals surface area contributed by atoms with Gasteiger partial charge in [0.25, 0.3) is 0 Å². The van der Waals surface area contributed by atoms with Gasteiger partial charge in [-0.2, -0.15) is 5.10 Å². The highest BCUT2D eigenvalue weighted by Crippen LogP contribution is 2.20. The molecule has 0 saturated heterocycles. The molecule has 0 bridgehead atoms. The Kier molecular flexibility index (Phi) is 5.16. The molecule has 22 heavy (non-hydrogen) atoms. The van der Waals surface area contributed by atoms with Gasteiger partial charge < -0.3 is 20.3 Å². The first-order valence-corrected chi connectivity index (χ1v) is 6.75. The zero-order chi connectivity index (χ0) is 15.9. The fraction of sp³-hybridized carbons (Fsp3) is 0.0667. The minimum Gasteiger partial charge on any atom is -0.508 e. The van der Waals surface area contributed by atoms with Crippen LogP contribution in [0, 0.1) is 0 Å². The summed E-state index contributed by atoms with van der Waals surface area (Å²) in [7, 11) is 1.60. The predicted octanol–water partition coefficient (Wildman–Crippen LogP) is 2.43. The number of rotatable bonds is 4. The van der Waals surface area contributed by atoms with Crippen molar-refractivity contribution in [2.45, 2.75) is 0 Å². The minimum absolute atomic E-state index is 0.0145. The highest BCUT2D eigenvalue weighted by Gasteiger charge is 2.00. The molecule has 0 saturated carbocycles. The van der Waals surface area contributed by atoms with Crippen molar-refractivity contribution in [1.82, 2.24) is 5.43 Å². The van der Waals surface area contributed by atoms with Gasteiger partial charge >= 0.3 is 0 Å². The molecule has 4 N–H and O–H groups in total. The molecule has 7 heteroatoms. The summed E-state index contributed by atoms with van der Waals surface area (Å²) in [6.07, 6.45) is 1.40. The lowest BCUT2D eigenvalue weighted by Gasteiger charge is -2.07. The SMILES string of the molecule is COc1ccc(NC(=S)N/N=C/c2ccc(O)cc2O)cc1. The molecule has 0 aliphatic carbocycles. The Morgan fingerprint density at radius 3 is 2.55 bits per heavy atom. The number of nitrogens with one attached hydrogen (secondary N) is 2. The Bertz CT molecular complexity index is 687. The molecular weight excluding hydrogens is 302 g/mol. The van der Waals surface area contributed by atoms with E-state index in [1.807, 2.05) is 24.3 Å². The van der Waals surface area contributed by atoms with E-state index >= 15 is 0 Å². The topological polar surface area (TPSA) is 86.1 Å². The number of anilines is 1. The number of hydrogen-bond donors (Lipinski definition) is 4. The van der Waals surface area contributed by atoms with E-state index < -0.39 is 0 Å². The highest BCUT2D eigenvalue weighted by molar-refractivity contribution is 7.80. The standard InChI is InChI=1S/C15H15N3O3S/c1-21-13-6-3-11(4-7-13)17-15(22)18-16-9-10-2-5-12(19)8-14(10)20/h2-9,19-20H,1H3,(H2,17,18,22)/b16-9+. The van der Waals surface area contributed by atoms with Gasteiger partial charge in [0, 0.05) is 17.3 Å². The molecule has 0 radical (unpaired) electrons. The molecule has 0 atom stereocenters. The van der Waals surface area contributed by atoms with Crippen LogP contribution in [0.3, 0.4) is 0 Å². The third kappa shape index (κ3) is 4.35. The molecule has 2 rings (SSSR count). The molecule has 0 fully saturated rings. The molecule has 0 spiro atoms. The smallest absolute Gasteiger partial charge is 0.191 e. The summed E-state index contributed by atoms with van der Waals surface area (Å²) in [4.78, 5) is 0. The molecule has 2 aromatic carbocycles. The van der Waals surface area contributed by atoms with E-state index in [1.165, 1.54) is 24.4 Å². The summed E-state index contributed by atoms with van der Waals surface area (Å²) in [6.45, 7) is 0. The predicted molar refractivity (Wildman–Crippen MR) is 89.7 cm³/mol. The number of benzene rings is 2. The van der Waals surface area contributed by atoms with E-state index in [9.17, 15) is 10.2 Å². The number of nitrogens with zero attached hydrogens (tertiary/aromatic N) is 1. The van der Waals surface area contributed by atoms with Gasteiger partial charge in [-0.3, -0.25) is 5.43 Å². The molecule has 0 amide bonds. The van der Waals surface area contributed by atoms with E-state index in [4.69, 9.17) is 17.0 Å². The van der Waals surface area contributed by atoms with Crippen molar-refractivity contribution in [1.29, 1.82) is 0 Å². The normalized spacial score (nSPS) is 10.4. The lowest BCUT2D eigenvalue weighted by Crippen LogP contribution is -2.23. The van der Waals surface area contributed by atoms with E-state index in [-0.39, 0.29) is 11.5 Å². The van der Waals surface area contributed by atoms with Crippen LogP contribution in [0.1, 0.15) is 5.56 Å². The van der Waals surface area contributed by atoms with Crippen LogP contribution in [0.15, 0.2) is 47.6 Å². The summed E-state index contributed by atoms with van der Waals surface area (Å²) >= 11 is 5.10. The zero-order valence-corrected chi connectivity index (χ0v) is 12.6. The first-order chi connectivity index (χ1) is 10.6. The quantitative estimate of drug-likeness (QED) is 0.394. The molecule has 6 nitrogen and oxygen atoms in total. The summed E-state index contributed by atoms with van der Waals surface area (Å²) in [5.74, 6) is 0.670. The number of methoxy groups -OCH3 is 1. The summed E-state index contributed by atoms with van der Waals surface area (Å²) in [6, 6.07) is 11.5. The Labute approximate surface area is 133 Å². The molecular formula is C15H15N3O3S. The van der Waals surface area contributed by atoms with Crippen LogP contribution in [0.5, 0.6) is 17.2 Å². The maximum absolute atomic E-state index is 9.60. The van der Waals surface area contributed by atoms with Gasteiger partial charge in [0.05, 0.1) is 13.3 Å². The third-order valence-electron chi connectivity index (χ3n) is 2.73. The van der Waals surface area contributed by atoms with Crippen molar-refractivity contribution < 1.29 is 14.9 Å². The number of hydrogen-bond acceptors (Lipinski definition) is 5. The van der Waals surface area contributed by atoms with Gasteiger partial charge in [-0.05, 0) is 48.6 Å². The van der Waals surface area contributed by atoms with Crippen molar-refractivity contribution in [3.63, 3.8) is 0 Å². The van der Waals surface area contributed by atoms with Gasteiger partial charge in [-0.15, -0.1) is 0 Å². The number of phenolic OH excluding ortho intramolecular Hbond substituents is 2. The van der Waals surface area contributed by atoms with Crippen LogP contribution in [0.4, 0.5) is 5.69 Å². The first-order valence-electron chi connectivity index (χ1n) is 6.34. The first kappa shape index (κ1) is 15.6. The Morgan fingerprint density at radius 2 is 1.91 bits per heavy atom. The van der Waals surface area contributed by atoms with Gasteiger partial charge in [0.15, 0.2) is 5.11 Å². The molecule has 114 valence electrons. The van der Waals surface area contributed by atoms with Crippen molar-refractivity contribution in [3.8, 4) is 17.2 Å². The molecule has 2 aromatic rings. The van der Waals surface area contributed by atoms with Gasteiger partial charge in [-0.25, -0.2) is 0 Å². The van der Waals surface area contributed by atoms with Crippen LogP contribution >= 0.6 is 12.2 Å². The number of aromatic hydroxyl groups is 2. The van der Waals surface area contributed by atoms with E-state index in [0.29, 0.717) is 10.7 Å². The molecule has 0 aliphatic heterocycles. The van der Waals surface area contributed by atoms with Crippen molar-refractivity contribution in [2.75, 3.05) is 12.4 Å².